The first-order chi connectivity index (χ1) is 11.7. The number of nitrogens with one attached hydrogen (secondary N) is 2. The number of carbonyl (C=O) groups is 1. The summed E-state index contributed by atoms with van der Waals surface area (Å²) in [6.45, 7) is 6.92. The van der Waals surface area contributed by atoms with Crippen LogP contribution in [0.4, 0.5) is 0 Å². The third kappa shape index (κ3) is 5.22. The molecule has 0 aliphatic carbocycles. The van der Waals surface area contributed by atoms with Crippen LogP contribution in [0.15, 0.2) is 30.5 Å². The third-order valence-electron chi connectivity index (χ3n) is 4.79. The van der Waals surface area contributed by atoms with Crippen molar-refractivity contribution >= 4 is 30.7 Å². The van der Waals surface area contributed by atoms with E-state index >= 15 is 0 Å². The normalized spacial score (nSPS) is 16.3. The van der Waals surface area contributed by atoms with Crippen LogP contribution in [0.5, 0.6) is 0 Å². The summed E-state index contributed by atoms with van der Waals surface area (Å²) >= 11 is 0. The Hall–Kier alpha value is -1.56. The molecule has 2 aromatic heterocycles. The molecule has 5 nitrogen and oxygen atoms in total. The lowest BCUT2D eigenvalue weighted by molar-refractivity contribution is 0.0950. The number of amides is 1. The zero-order chi connectivity index (χ0) is 16.9. The van der Waals surface area contributed by atoms with Crippen LogP contribution in [-0.4, -0.2) is 35.1 Å². The van der Waals surface area contributed by atoms with Crippen LogP contribution < -0.4 is 10.6 Å². The Kier molecular flexibility index (Phi) is 9.13. The highest BCUT2D eigenvalue weighted by Gasteiger charge is 2.18. The minimum absolute atomic E-state index is 0. The Balaban J connectivity index is 0.00000169. The summed E-state index contributed by atoms with van der Waals surface area (Å²) in [7, 11) is 0. The molecule has 1 atom stereocenters. The van der Waals surface area contributed by atoms with Crippen molar-refractivity contribution in [3.63, 3.8) is 0 Å². The van der Waals surface area contributed by atoms with Gasteiger partial charge in [0.15, 0.2) is 0 Å². The van der Waals surface area contributed by atoms with Crippen molar-refractivity contribution in [1.29, 1.82) is 0 Å². The minimum Gasteiger partial charge on any atom is -0.352 e. The van der Waals surface area contributed by atoms with Gasteiger partial charge in [-0.15, -0.1) is 24.8 Å². The van der Waals surface area contributed by atoms with Gasteiger partial charge in [0.2, 0.25) is 0 Å². The number of nitrogens with zero attached hydrogens (tertiary/aromatic N) is 2. The van der Waals surface area contributed by atoms with Crippen molar-refractivity contribution < 1.29 is 4.79 Å². The lowest BCUT2D eigenvalue weighted by atomic mass is 9.96. The molecule has 144 valence electrons. The van der Waals surface area contributed by atoms with E-state index in [1.54, 1.807) is 6.20 Å². The van der Waals surface area contributed by atoms with Gasteiger partial charge in [0.05, 0.1) is 5.56 Å². The molecule has 0 spiro atoms. The fourth-order valence-corrected chi connectivity index (χ4v) is 3.49. The number of aryl methyl sites for hydroxylation is 1. The quantitative estimate of drug-likeness (QED) is 0.810. The molecule has 0 radical (unpaired) electrons. The summed E-state index contributed by atoms with van der Waals surface area (Å²) in [6.07, 6.45) is 5.31. The van der Waals surface area contributed by atoms with Crippen molar-refractivity contribution in [3.05, 3.63) is 47.4 Å². The van der Waals surface area contributed by atoms with Gasteiger partial charge in [-0.1, -0.05) is 6.07 Å². The van der Waals surface area contributed by atoms with Gasteiger partial charge in [-0.05, 0) is 70.3 Å². The summed E-state index contributed by atoms with van der Waals surface area (Å²) < 4.78 is 2.03. The van der Waals surface area contributed by atoms with Crippen LogP contribution >= 0.6 is 24.8 Å². The van der Waals surface area contributed by atoms with Crippen LogP contribution in [0.1, 0.15) is 41.0 Å². The van der Waals surface area contributed by atoms with Crippen LogP contribution in [0, 0.1) is 19.8 Å². The zero-order valence-electron chi connectivity index (χ0n) is 15.3. The van der Waals surface area contributed by atoms with Crippen molar-refractivity contribution in [1.82, 2.24) is 20.2 Å². The Bertz CT molecular complexity index is 697. The fourth-order valence-electron chi connectivity index (χ4n) is 3.49. The highest BCUT2D eigenvalue weighted by atomic mass is 35.5. The van der Waals surface area contributed by atoms with Gasteiger partial charge in [-0.2, -0.15) is 0 Å². The predicted molar refractivity (Wildman–Crippen MR) is 110 cm³/mol. The maximum Gasteiger partial charge on any atom is 0.253 e. The molecule has 1 saturated heterocycles. The minimum atomic E-state index is 0. The SMILES string of the molecule is Cc1cc(C(=O)NCCC2CCCNC2)c(C)n1-c1ccccn1.Cl.Cl. The Labute approximate surface area is 167 Å². The molecule has 2 N–H and O–H groups in total. The standard InChI is InChI=1S/C19H26N4O.2ClH/c1-14-12-17(15(2)23(14)18-7-3-4-10-21-18)19(24)22-11-8-16-6-5-9-20-13-16;;/h3-4,7,10,12,16,20H,5-6,8-9,11,13H2,1-2H3,(H,22,24);2*1H. The lowest BCUT2D eigenvalue weighted by Crippen LogP contribution is -2.33. The maximum absolute atomic E-state index is 12.5. The van der Waals surface area contributed by atoms with E-state index in [1.165, 1.54) is 12.8 Å². The van der Waals surface area contributed by atoms with Gasteiger partial charge < -0.3 is 15.2 Å². The van der Waals surface area contributed by atoms with Crippen molar-refractivity contribution in [3.8, 4) is 5.82 Å². The number of hydrogen-bond acceptors (Lipinski definition) is 3. The van der Waals surface area contributed by atoms with Crippen LogP contribution in [-0.2, 0) is 0 Å². The molecule has 1 unspecified atom stereocenters. The van der Waals surface area contributed by atoms with Crippen molar-refractivity contribution in [2.24, 2.45) is 5.92 Å². The zero-order valence-corrected chi connectivity index (χ0v) is 17.0. The summed E-state index contributed by atoms with van der Waals surface area (Å²) in [5.74, 6) is 1.54. The van der Waals surface area contributed by atoms with Gasteiger partial charge in [0.25, 0.3) is 5.91 Å². The van der Waals surface area contributed by atoms with E-state index < -0.39 is 0 Å². The highest BCUT2D eigenvalue weighted by molar-refractivity contribution is 5.95. The number of carbonyl (C=O) groups excluding carboxylic acids is 1. The molecule has 0 bridgehead atoms. The topological polar surface area (TPSA) is 59.0 Å². The average Bonchev–Trinajstić information content (AvgIpc) is 2.91. The number of halogens is 2. The third-order valence-corrected chi connectivity index (χ3v) is 4.79. The first-order valence-corrected chi connectivity index (χ1v) is 8.76. The molecular formula is C19H28Cl2N4O. The van der Waals surface area contributed by atoms with Crippen LogP contribution in [0.3, 0.4) is 0 Å². The van der Waals surface area contributed by atoms with E-state index in [0.29, 0.717) is 5.92 Å². The second kappa shape index (κ2) is 10.6. The largest absolute Gasteiger partial charge is 0.352 e. The Morgan fingerprint density at radius 1 is 1.35 bits per heavy atom. The van der Waals surface area contributed by atoms with E-state index in [9.17, 15) is 4.79 Å². The molecule has 3 heterocycles. The Morgan fingerprint density at radius 3 is 2.81 bits per heavy atom. The Morgan fingerprint density at radius 2 is 2.15 bits per heavy atom. The average molecular weight is 399 g/mol. The summed E-state index contributed by atoms with van der Waals surface area (Å²) in [4.78, 5) is 16.9. The number of rotatable bonds is 5. The first kappa shape index (κ1) is 22.5. The van der Waals surface area contributed by atoms with Gasteiger partial charge in [-0.25, -0.2) is 4.98 Å². The number of piperidine rings is 1. The molecule has 3 rings (SSSR count). The van der Waals surface area contributed by atoms with Gasteiger partial charge >= 0.3 is 0 Å². The molecule has 2 aromatic rings. The molecule has 7 heteroatoms. The molecule has 0 saturated carbocycles. The van der Waals surface area contributed by atoms with Gasteiger partial charge in [0.1, 0.15) is 5.82 Å². The monoisotopic (exact) mass is 398 g/mol. The lowest BCUT2D eigenvalue weighted by Gasteiger charge is -2.22. The second-order valence-electron chi connectivity index (χ2n) is 6.57. The number of aromatic nitrogens is 2. The molecular weight excluding hydrogens is 371 g/mol. The fraction of sp³-hybridized carbons (Fsp3) is 0.474. The van der Waals surface area contributed by atoms with E-state index in [4.69, 9.17) is 0 Å². The van der Waals surface area contributed by atoms with Gasteiger partial charge in [-0.3, -0.25) is 4.79 Å². The van der Waals surface area contributed by atoms with E-state index in [2.05, 4.69) is 15.6 Å². The van der Waals surface area contributed by atoms with E-state index in [-0.39, 0.29) is 30.7 Å². The predicted octanol–water partition coefficient (Wildman–Crippen LogP) is 3.45. The second-order valence-corrected chi connectivity index (χ2v) is 6.57. The van der Waals surface area contributed by atoms with Crippen molar-refractivity contribution in [2.45, 2.75) is 33.1 Å². The summed E-state index contributed by atoms with van der Waals surface area (Å²) in [6, 6.07) is 7.75. The molecule has 26 heavy (non-hydrogen) atoms. The summed E-state index contributed by atoms with van der Waals surface area (Å²) in [5.41, 5.74) is 2.69. The smallest absolute Gasteiger partial charge is 0.253 e. The number of hydrogen-bond donors (Lipinski definition) is 2. The van der Waals surface area contributed by atoms with Gasteiger partial charge in [0, 0.05) is 24.1 Å². The van der Waals surface area contributed by atoms with E-state index in [1.807, 2.05) is 42.7 Å². The van der Waals surface area contributed by atoms with E-state index in [0.717, 1.165) is 48.8 Å². The first-order valence-electron chi connectivity index (χ1n) is 8.76. The molecule has 0 aromatic carbocycles. The molecule has 1 aliphatic heterocycles. The highest BCUT2D eigenvalue weighted by Crippen LogP contribution is 2.19. The van der Waals surface area contributed by atoms with Crippen molar-refractivity contribution in [2.75, 3.05) is 19.6 Å². The maximum atomic E-state index is 12.5. The van der Waals surface area contributed by atoms with Crippen LogP contribution in [0.25, 0.3) is 5.82 Å². The van der Waals surface area contributed by atoms with Crippen LogP contribution in [0.2, 0.25) is 0 Å². The number of pyridine rings is 1. The summed E-state index contributed by atoms with van der Waals surface area (Å²) in [5, 5.41) is 6.50. The molecule has 1 amide bonds. The molecule has 1 fully saturated rings. The molecule has 1 aliphatic rings.